The fraction of sp³-hybridized carbons (Fsp3) is 0.469. The van der Waals surface area contributed by atoms with E-state index in [1.165, 1.54) is 0 Å². The predicted octanol–water partition coefficient (Wildman–Crippen LogP) is 6.64. The molecule has 0 bridgehead atoms. The van der Waals surface area contributed by atoms with Crippen LogP contribution < -0.4 is 10.6 Å². The lowest BCUT2D eigenvalue weighted by atomic mass is 9.87. The number of nitrogens with one attached hydrogen (secondary N) is 2. The van der Waals surface area contributed by atoms with Gasteiger partial charge in [0.2, 0.25) is 5.91 Å². The van der Waals surface area contributed by atoms with E-state index in [-0.39, 0.29) is 23.8 Å². The highest BCUT2D eigenvalue weighted by Gasteiger charge is 2.42. The van der Waals surface area contributed by atoms with Crippen molar-refractivity contribution < 1.29 is 19.1 Å². The van der Waals surface area contributed by atoms with E-state index in [4.69, 9.17) is 4.74 Å². The fourth-order valence-corrected chi connectivity index (χ4v) is 4.71. The van der Waals surface area contributed by atoms with Crippen molar-refractivity contribution in [3.05, 3.63) is 71.8 Å². The molecule has 2 N–H and O–H groups in total. The highest BCUT2D eigenvalue weighted by molar-refractivity contribution is 5.99. The number of hydrogen-bond donors (Lipinski definition) is 2. The van der Waals surface area contributed by atoms with Gasteiger partial charge in [-0.25, -0.2) is 4.79 Å². The number of hydrogen-bond acceptors (Lipinski definition) is 4. The van der Waals surface area contributed by atoms with Gasteiger partial charge in [0, 0.05) is 11.7 Å². The molecule has 2 aromatic rings. The summed E-state index contributed by atoms with van der Waals surface area (Å²) < 4.78 is 5.48. The summed E-state index contributed by atoms with van der Waals surface area (Å²) in [4.78, 5) is 42.9. The number of rotatable bonds is 10. The van der Waals surface area contributed by atoms with Gasteiger partial charge >= 0.3 is 6.09 Å². The molecule has 2 aromatic carbocycles. The lowest BCUT2D eigenvalue weighted by molar-refractivity contribution is -0.146. The number of carbonyl (C=O) groups excluding carboxylic acids is 3. The summed E-state index contributed by atoms with van der Waals surface area (Å²) in [6.07, 6.45) is 4.05. The van der Waals surface area contributed by atoms with Crippen molar-refractivity contribution in [1.82, 2.24) is 10.2 Å². The largest absolute Gasteiger partial charge is 0.444 e. The summed E-state index contributed by atoms with van der Waals surface area (Å²) in [6.45, 7) is 15.2. The van der Waals surface area contributed by atoms with Gasteiger partial charge in [-0.15, -0.1) is 0 Å². The molecule has 7 nitrogen and oxygen atoms in total. The van der Waals surface area contributed by atoms with Gasteiger partial charge in [-0.3, -0.25) is 9.59 Å². The van der Waals surface area contributed by atoms with Gasteiger partial charge in [-0.1, -0.05) is 62.9 Å². The number of benzene rings is 2. The molecule has 0 aromatic heterocycles. The van der Waals surface area contributed by atoms with Crippen molar-refractivity contribution >= 4 is 29.7 Å². The summed E-state index contributed by atoms with van der Waals surface area (Å²) in [5.74, 6) is -0.458. The monoisotopic (exact) mass is 533 g/mol. The summed E-state index contributed by atoms with van der Waals surface area (Å²) in [6, 6.07) is 13.3. The standard InChI is InChI=1S/C32H43N3O4/c1-8-23-14-11-15-24(20-23)28(29(36)33-26-18-10-9-13-22(26)4)35(25-16-12-17-25)30(37)27(19-21(2)3)34-31(38)39-32(5,6)7/h8-11,13-15,18,20-21,25,27-28H,1,12,16-17,19H2,2-7H3,(H,33,36)(H,34,38). The Morgan fingerprint density at radius 3 is 2.36 bits per heavy atom. The molecule has 39 heavy (non-hydrogen) atoms. The third kappa shape index (κ3) is 8.19. The third-order valence-electron chi connectivity index (χ3n) is 6.81. The molecular weight excluding hydrogens is 490 g/mol. The number of nitrogens with zero attached hydrogens (tertiary/aromatic N) is 1. The Morgan fingerprint density at radius 2 is 1.79 bits per heavy atom. The molecule has 0 spiro atoms. The van der Waals surface area contributed by atoms with Crippen LogP contribution in [0.4, 0.5) is 10.5 Å². The first-order chi connectivity index (χ1) is 18.4. The van der Waals surface area contributed by atoms with E-state index in [0.29, 0.717) is 17.7 Å². The van der Waals surface area contributed by atoms with Crippen LogP contribution in [-0.2, 0) is 14.3 Å². The third-order valence-corrected chi connectivity index (χ3v) is 6.81. The van der Waals surface area contributed by atoms with Crippen LogP contribution in [0.15, 0.2) is 55.1 Å². The number of alkyl carbamates (subject to hydrolysis) is 1. The maximum atomic E-state index is 14.4. The van der Waals surface area contributed by atoms with Crippen LogP contribution in [-0.4, -0.2) is 40.5 Å². The fourth-order valence-electron chi connectivity index (χ4n) is 4.71. The number of ether oxygens (including phenoxy) is 1. The van der Waals surface area contributed by atoms with Gasteiger partial charge in [0.05, 0.1) is 0 Å². The quantitative estimate of drug-likeness (QED) is 0.358. The molecule has 2 atom stereocenters. The molecule has 7 heteroatoms. The summed E-state index contributed by atoms with van der Waals surface area (Å²) >= 11 is 0. The molecular formula is C32H43N3O4. The van der Waals surface area contributed by atoms with Gasteiger partial charge in [0.25, 0.3) is 5.91 Å². The molecule has 3 amide bonds. The predicted molar refractivity (Wildman–Crippen MR) is 156 cm³/mol. The Balaban J connectivity index is 2.05. The molecule has 1 aliphatic rings. The van der Waals surface area contributed by atoms with Crippen LogP contribution in [0.5, 0.6) is 0 Å². The molecule has 0 radical (unpaired) electrons. The number of para-hydroxylation sites is 1. The van der Waals surface area contributed by atoms with Crippen LogP contribution in [0.2, 0.25) is 0 Å². The number of anilines is 1. The lowest BCUT2D eigenvalue weighted by Crippen LogP contribution is -2.57. The molecule has 3 rings (SSSR count). The van der Waals surface area contributed by atoms with Crippen LogP contribution in [0.1, 0.15) is 83.0 Å². The molecule has 1 aliphatic carbocycles. The van der Waals surface area contributed by atoms with Crippen LogP contribution >= 0.6 is 0 Å². The van der Waals surface area contributed by atoms with Crippen LogP contribution in [0, 0.1) is 12.8 Å². The van der Waals surface area contributed by atoms with Crippen molar-refractivity contribution in [2.75, 3.05) is 5.32 Å². The van der Waals surface area contributed by atoms with Gasteiger partial charge < -0.3 is 20.3 Å². The van der Waals surface area contributed by atoms with E-state index in [1.807, 2.05) is 69.3 Å². The average molecular weight is 534 g/mol. The Labute approximate surface area is 233 Å². The highest BCUT2D eigenvalue weighted by Crippen LogP contribution is 2.35. The van der Waals surface area contributed by atoms with Crippen LogP contribution in [0.3, 0.4) is 0 Å². The lowest BCUT2D eigenvalue weighted by Gasteiger charge is -2.44. The van der Waals surface area contributed by atoms with Gasteiger partial charge in [-0.05, 0) is 88.1 Å². The first-order valence-corrected chi connectivity index (χ1v) is 13.8. The number of amides is 3. The Kier molecular flexibility index (Phi) is 9.95. The summed E-state index contributed by atoms with van der Waals surface area (Å²) in [5.41, 5.74) is 2.46. The second-order valence-corrected chi connectivity index (χ2v) is 11.7. The van der Waals surface area contributed by atoms with Crippen molar-refractivity contribution in [3.8, 4) is 0 Å². The highest BCUT2D eigenvalue weighted by atomic mass is 16.6. The van der Waals surface area contributed by atoms with E-state index in [1.54, 1.807) is 31.7 Å². The zero-order valence-corrected chi connectivity index (χ0v) is 24.1. The first-order valence-electron chi connectivity index (χ1n) is 13.8. The number of aryl methyl sites for hydroxylation is 1. The van der Waals surface area contributed by atoms with Gasteiger partial charge in [0.15, 0.2) is 0 Å². The maximum absolute atomic E-state index is 14.4. The minimum atomic E-state index is -0.891. The van der Waals surface area contributed by atoms with Crippen molar-refractivity contribution in [2.45, 2.75) is 91.0 Å². The molecule has 0 aliphatic heterocycles. The van der Waals surface area contributed by atoms with E-state index in [2.05, 4.69) is 17.2 Å². The van der Waals surface area contributed by atoms with Crippen molar-refractivity contribution in [3.63, 3.8) is 0 Å². The van der Waals surface area contributed by atoms with E-state index in [0.717, 1.165) is 30.4 Å². The smallest absolute Gasteiger partial charge is 0.408 e. The molecule has 2 unspecified atom stereocenters. The molecule has 210 valence electrons. The Hall–Kier alpha value is -3.61. The van der Waals surface area contributed by atoms with Crippen molar-refractivity contribution in [1.29, 1.82) is 0 Å². The molecule has 0 saturated heterocycles. The number of carbonyl (C=O) groups is 3. The Bertz CT molecular complexity index is 1180. The second-order valence-electron chi connectivity index (χ2n) is 11.7. The van der Waals surface area contributed by atoms with E-state index >= 15 is 0 Å². The van der Waals surface area contributed by atoms with Crippen molar-refractivity contribution in [2.24, 2.45) is 5.92 Å². The summed E-state index contributed by atoms with van der Waals surface area (Å²) in [7, 11) is 0. The molecule has 1 saturated carbocycles. The first kappa shape index (κ1) is 29.9. The van der Waals surface area contributed by atoms with Crippen LogP contribution in [0.25, 0.3) is 6.08 Å². The average Bonchev–Trinajstić information content (AvgIpc) is 2.81. The summed E-state index contributed by atoms with van der Waals surface area (Å²) in [5, 5.41) is 5.88. The van der Waals surface area contributed by atoms with E-state index < -0.39 is 23.8 Å². The van der Waals surface area contributed by atoms with Gasteiger partial charge in [-0.2, -0.15) is 0 Å². The minimum Gasteiger partial charge on any atom is -0.444 e. The minimum absolute atomic E-state index is 0.118. The molecule has 1 fully saturated rings. The normalized spacial score (nSPS) is 15.1. The molecule has 0 heterocycles. The zero-order chi connectivity index (χ0) is 28.7. The SMILES string of the molecule is C=Cc1cccc(C(C(=O)Nc2ccccc2C)N(C(=O)C(CC(C)C)NC(=O)OC(C)(C)C)C2CCC2)c1. The zero-order valence-electron chi connectivity index (χ0n) is 24.1. The Morgan fingerprint density at radius 1 is 1.10 bits per heavy atom. The van der Waals surface area contributed by atoms with E-state index in [9.17, 15) is 14.4 Å². The van der Waals surface area contributed by atoms with Gasteiger partial charge in [0.1, 0.15) is 17.7 Å². The topological polar surface area (TPSA) is 87.7 Å². The maximum Gasteiger partial charge on any atom is 0.408 e. The second kappa shape index (κ2) is 13.0.